The third kappa shape index (κ3) is 2.00. The third-order valence-electron chi connectivity index (χ3n) is 1.83. The number of hydrogen-bond donors (Lipinski definition) is 1. The molecule has 3 nitrogen and oxygen atoms in total. The summed E-state index contributed by atoms with van der Waals surface area (Å²) in [7, 11) is 0. The van der Waals surface area contributed by atoms with Crippen molar-refractivity contribution in [1.29, 1.82) is 0 Å². The van der Waals surface area contributed by atoms with Crippen molar-refractivity contribution in [2.24, 2.45) is 0 Å². The zero-order chi connectivity index (χ0) is 10.8. The molecule has 0 aliphatic heterocycles. The smallest absolute Gasteiger partial charge is 0.161 e. The molecule has 2 rings (SSSR count). The number of aromatic nitrogens is 1. The van der Waals surface area contributed by atoms with Crippen LogP contribution in [0.3, 0.4) is 0 Å². The van der Waals surface area contributed by atoms with Gasteiger partial charge < -0.3 is 5.11 Å². The summed E-state index contributed by atoms with van der Waals surface area (Å²) < 4.78 is 0. The Hall–Kier alpha value is -1.39. The van der Waals surface area contributed by atoms with Crippen LogP contribution in [-0.4, -0.2) is 16.4 Å². The molecule has 0 fully saturated rings. The molecule has 0 amide bonds. The molecule has 0 saturated carbocycles. The number of halogens is 1. The van der Waals surface area contributed by atoms with Crippen LogP contribution in [-0.2, 0) is 0 Å². The summed E-state index contributed by atoms with van der Waals surface area (Å²) >= 11 is 7.04. The number of benzene rings is 1. The molecule has 76 valence electrons. The van der Waals surface area contributed by atoms with Gasteiger partial charge in [-0.25, -0.2) is 4.98 Å². The molecule has 0 radical (unpaired) electrons. The highest BCUT2D eigenvalue weighted by Crippen LogP contribution is 2.31. The summed E-state index contributed by atoms with van der Waals surface area (Å²) in [6, 6.07) is 4.82. The van der Waals surface area contributed by atoms with Crippen LogP contribution < -0.4 is 0 Å². The van der Waals surface area contributed by atoms with Crippen LogP contribution in [0, 0.1) is 0 Å². The summed E-state index contributed by atoms with van der Waals surface area (Å²) in [6.07, 6.45) is 2.26. The van der Waals surface area contributed by atoms with E-state index in [4.69, 9.17) is 11.6 Å². The lowest BCUT2D eigenvalue weighted by Gasteiger charge is -1.98. The number of carbonyl (C=O) groups excluding carboxylic acids is 1. The molecular formula is C10H6ClNO2S. The Morgan fingerprint density at radius 3 is 2.87 bits per heavy atom. The predicted molar refractivity (Wildman–Crippen MR) is 59.6 cm³/mol. The molecule has 0 atom stereocenters. The molecule has 1 N–H and O–H groups in total. The van der Waals surface area contributed by atoms with Crippen molar-refractivity contribution in [3.63, 3.8) is 0 Å². The Morgan fingerprint density at radius 1 is 1.47 bits per heavy atom. The van der Waals surface area contributed by atoms with Crippen molar-refractivity contribution in [3.8, 4) is 16.3 Å². The number of nitrogens with zero attached hydrogens (tertiary/aromatic N) is 1. The van der Waals surface area contributed by atoms with Crippen LogP contribution in [0.5, 0.6) is 5.75 Å². The first-order chi connectivity index (χ1) is 7.20. The van der Waals surface area contributed by atoms with E-state index in [1.165, 1.54) is 23.6 Å². The van der Waals surface area contributed by atoms with Gasteiger partial charge in [0, 0.05) is 11.8 Å². The van der Waals surface area contributed by atoms with Gasteiger partial charge in [-0.2, -0.15) is 0 Å². The lowest BCUT2D eigenvalue weighted by atomic mass is 10.2. The minimum atomic E-state index is 0.0348. The molecule has 1 heterocycles. The van der Waals surface area contributed by atoms with Gasteiger partial charge in [-0.05, 0) is 18.2 Å². The average molecular weight is 240 g/mol. The quantitative estimate of drug-likeness (QED) is 0.820. The largest absolute Gasteiger partial charge is 0.506 e. The lowest BCUT2D eigenvalue weighted by molar-refractivity contribution is 0.112. The highest BCUT2D eigenvalue weighted by molar-refractivity contribution is 7.16. The molecule has 0 saturated heterocycles. The minimum Gasteiger partial charge on any atom is -0.506 e. The van der Waals surface area contributed by atoms with E-state index >= 15 is 0 Å². The van der Waals surface area contributed by atoms with Crippen LogP contribution in [0.2, 0.25) is 5.02 Å². The molecule has 0 unspecified atom stereocenters. The highest BCUT2D eigenvalue weighted by atomic mass is 35.5. The van der Waals surface area contributed by atoms with Gasteiger partial charge in [-0.1, -0.05) is 11.6 Å². The van der Waals surface area contributed by atoms with Gasteiger partial charge in [-0.15, -0.1) is 11.3 Å². The molecule has 1 aromatic carbocycles. The zero-order valence-electron chi connectivity index (χ0n) is 7.48. The number of aromatic hydroxyl groups is 1. The highest BCUT2D eigenvalue weighted by Gasteiger charge is 2.06. The summed E-state index contributed by atoms with van der Waals surface area (Å²) in [4.78, 5) is 15.1. The standard InChI is InChI=1S/C10H6ClNO2S/c11-8-3-6(1-2-9(8)14)10-12-4-7(5-13)15-10/h1-5,14H. The maximum absolute atomic E-state index is 10.5. The molecule has 2 aromatic rings. The van der Waals surface area contributed by atoms with Crippen LogP contribution in [0.1, 0.15) is 9.67 Å². The monoisotopic (exact) mass is 239 g/mol. The van der Waals surface area contributed by atoms with Gasteiger partial charge in [0.15, 0.2) is 6.29 Å². The minimum absolute atomic E-state index is 0.0348. The Balaban J connectivity index is 2.44. The van der Waals surface area contributed by atoms with Crippen molar-refractivity contribution in [1.82, 2.24) is 4.98 Å². The lowest BCUT2D eigenvalue weighted by Crippen LogP contribution is -1.75. The SMILES string of the molecule is O=Cc1cnc(-c2ccc(O)c(Cl)c2)s1. The Bertz CT molecular complexity index is 510. The number of thiazole rings is 1. The van der Waals surface area contributed by atoms with Crippen molar-refractivity contribution in [2.45, 2.75) is 0 Å². The maximum Gasteiger partial charge on any atom is 0.161 e. The predicted octanol–water partition coefficient (Wildman–Crippen LogP) is 2.98. The fourth-order valence-corrected chi connectivity index (χ4v) is 2.02. The van der Waals surface area contributed by atoms with Crippen LogP contribution in [0.4, 0.5) is 0 Å². The molecule has 0 bridgehead atoms. The van der Waals surface area contributed by atoms with E-state index in [-0.39, 0.29) is 10.8 Å². The number of phenolic OH excluding ortho intramolecular Hbond substituents is 1. The van der Waals surface area contributed by atoms with Crippen molar-refractivity contribution >= 4 is 29.2 Å². The number of rotatable bonds is 2. The summed E-state index contributed by atoms with van der Waals surface area (Å²) in [5.74, 6) is 0.0348. The molecule has 0 spiro atoms. The second-order valence-corrected chi connectivity index (χ2v) is 4.32. The van der Waals surface area contributed by atoms with Crippen molar-refractivity contribution in [2.75, 3.05) is 0 Å². The molecule has 15 heavy (non-hydrogen) atoms. The summed E-state index contributed by atoms with van der Waals surface area (Å²) in [5.41, 5.74) is 0.788. The van der Waals surface area contributed by atoms with E-state index in [9.17, 15) is 9.90 Å². The fourth-order valence-electron chi connectivity index (χ4n) is 1.11. The molecule has 0 aliphatic rings. The summed E-state index contributed by atoms with van der Waals surface area (Å²) in [5, 5.41) is 10.2. The average Bonchev–Trinajstić information content (AvgIpc) is 2.70. The van der Waals surface area contributed by atoms with Gasteiger partial charge in [0.05, 0.1) is 9.90 Å². The van der Waals surface area contributed by atoms with Gasteiger partial charge in [0.1, 0.15) is 10.8 Å². The number of phenols is 1. The Morgan fingerprint density at radius 2 is 2.27 bits per heavy atom. The Kier molecular flexibility index (Phi) is 2.70. The normalized spacial score (nSPS) is 10.2. The zero-order valence-corrected chi connectivity index (χ0v) is 9.05. The van der Waals surface area contributed by atoms with Crippen molar-refractivity contribution in [3.05, 3.63) is 34.3 Å². The van der Waals surface area contributed by atoms with Crippen molar-refractivity contribution < 1.29 is 9.90 Å². The van der Waals surface area contributed by atoms with E-state index in [0.717, 1.165) is 11.8 Å². The maximum atomic E-state index is 10.5. The van der Waals surface area contributed by atoms with Gasteiger partial charge in [0.2, 0.25) is 0 Å². The Labute approximate surface area is 95.0 Å². The number of carbonyl (C=O) groups is 1. The van der Waals surface area contributed by atoms with Gasteiger partial charge >= 0.3 is 0 Å². The molecule has 0 aliphatic carbocycles. The van der Waals surface area contributed by atoms with Crippen LogP contribution in [0.25, 0.3) is 10.6 Å². The first kappa shape index (κ1) is 10.1. The van der Waals surface area contributed by atoms with Crippen LogP contribution in [0.15, 0.2) is 24.4 Å². The third-order valence-corrected chi connectivity index (χ3v) is 3.11. The second kappa shape index (κ2) is 4.00. The second-order valence-electron chi connectivity index (χ2n) is 2.85. The van der Waals surface area contributed by atoms with E-state index in [2.05, 4.69) is 4.98 Å². The molecule has 1 aromatic heterocycles. The van der Waals surface area contributed by atoms with E-state index < -0.39 is 0 Å². The first-order valence-corrected chi connectivity index (χ1v) is 5.30. The van der Waals surface area contributed by atoms with Gasteiger partial charge in [-0.3, -0.25) is 4.79 Å². The molecule has 5 heteroatoms. The molecular weight excluding hydrogens is 234 g/mol. The fraction of sp³-hybridized carbons (Fsp3) is 0. The van der Waals surface area contributed by atoms with Crippen LogP contribution >= 0.6 is 22.9 Å². The van der Waals surface area contributed by atoms with E-state index in [0.29, 0.717) is 9.88 Å². The first-order valence-electron chi connectivity index (χ1n) is 4.10. The number of aldehydes is 1. The van der Waals surface area contributed by atoms with E-state index in [1.807, 2.05) is 0 Å². The van der Waals surface area contributed by atoms with E-state index in [1.54, 1.807) is 12.1 Å². The summed E-state index contributed by atoms with van der Waals surface area (Å²) in [6.45, 7) is 0. The van der Waals surface area contributed by atoms with Gasteiger partial charge in [0.25, 0.3) is 0 Å². The number of hydrogen-bond acceptors (Lipinski definition) is 4. The topological polar surface area (TPSA) is 50.2 Å².